The van der Waals surface area contributed by atoms with Crippen LogP contribution >= 0.6 is 0 Å². The Labute approximate surface area is 153 Å². The smallest absolute Gasteiger partial charge is 0.278 e. The maximum Gasteiger partial charge on any atom is 0.278 e. The quantitative estimate of drug-likeness (QED) is 0.836. The summed E-state index contributed by atoms with van der Waals surface area (Å²) < 4.78 is 5.62. The number of benzene rings is 1. The van der Waals surface area contributed by atoms with Gasteiger partial charge in [-0.25, -0.2) is 0 Å². The summed E-state index contributed by atoms with van der Waals surface area (Å²) in [5.74, 6) is 1.83. The average molecular weight is 349 g/mol. The van der Waals surface area contributed by atoms with Gasteiger partial charge in [-0.1, -0.05) is 30.1 Å². The Morgan fingerprint density at radius 2 is 1.88 bits per heavy atom. The molecule has 0 spiro atoms. The molecular formula is C20H23N5O. The van der Waals surface area contributed by atoms with Gasteiger partial charge in [-0.15, -0.1) is 0 Å². The zero-order valence-electron chi connectivity index (χ0n) is 15.2. The highest BCUT2D eigenvalue weighted by Crippen LogP contribution is 2.40. The first-order valence-corrected chi connectivity index (χ1v) is 9.48. The predicted octanol–water partition coefficient (Wildman–Crippen LogP) is 4.06. The van der Waals surface area contributed by atoms with Crippen LogP contribution < -0.4 is 9.80 Å². The van der Waals surface area contributed by atoms with Crippen molar-refractivity contribution >= 4 is 17.1 Å². The minimum absolute atomic E-state index is 0.351. The van der Waals surface area contributed by atoms with Crippen molar-refractivity contribution in [3.63, 3.8) is 0 Å². The van der Waals surface area contributed by atoms with Gasteiger partial charge in [0.05, 0.1) is 17.1 Å². The van der Waals surface area contributed by atoms with E-state index in [1.807, 2.05) is 0 Å². The number of aliphatic imine (C=N–C) groups is 1. The number of rotatable bonds is 3. The topological polar surface area (TPSA) is 57.8 Å². The average Bonchev–Trinajstić information content (AvgIpc) is 3.39. The standard InChI is InChI=1S/C20H23N5O/c1-13(2)24-11-17-18(20-22-19(23-26-20)14-7-3-4-8-14)21-12-25(17)16-10-6-5-9-15(16)24/h5-6,9-11,13-14H,3-4,7-8,12H2,1-2H3. The summed E-state index contributed by atoms with van der Waals surface area (Å²) in [5.41, 5.74) is 4.23. The largest absolute Gasteiger partial charge is 0.342 e. The highest BCUT2D eigenvalue weighted by Gasteiger charge is 2.35. The molecule has 2 aliphatic heterocycles. The first-order valence-electron chi connectivity index (χ1n) is 9.48. The molecule has 6 nitrogen and oxygen atoms in total. The molecule has 0 atom stereocenters. The van der Waals surface area contributed by atoms with E-state index in [1.165, 1.54) is 24.2 Å². The summed E-state index contributed by atoms with van der Waals surface area (Å²) in [6.45, 7) is 4.98. The summed E-state index contributed by atoms with van der Waals surface area (Å²) in [7, 11) is 0. The molecule has 0 N–H and O–H groups in total. The van der Waals surface area contributed by atoms with Crippen molar-refractivity contribution in [3.05, 3.63) is 47.9 Å². The minimum atomic E-state index is 0.351. The van der Waals surface area contributed by atoms with Gasteiger partial charge in [0.2, 0.25) is 0 Å². The van der Waals surface area contributed by atoms with Crippen LogP contribution in [0, 0.1) is 0 Å². The van der Waals surface area contributed by atoms with E-state index in [1.54, 1.807) is 0 Å². The summed E-state index contributed by atoms with van der Waals surface area (Å²) in [4.78, 5) is 13.9. The molecule has 3 heterocycles. The maximum atomic E-state index is 5.62. The van der Waals surface area contributed by atoms with Crippen LogP contribution in [-0.2, 0) is 0 Å². The molecule has 6 heteroatoms. The Morgan fingerprint density at radius 3 is 2.65 bits per heavy atom. The lowest BCUT2D eigenvalue weighted by atomic mass is 10.1. The van der Waals surface area contributed by atoms with Gasteiger partial charge in [0.1, 0.15) is 6.67 Å². The summed E-state index contributed by atoms with van der Waals surface area (Å²) >= 11 is 0. The number of anilines is 2. The van der Waals surface area contributed by atoms with E-state index in [0.29, 0.717) is 24.5 Å². The number of allylic oxidation sites excluding steroid dienone is 1. The van der Waals surface area contributed by atoms with E-state index >= 15 is 0 Å². The van der Waals surface area contributed by atoms with Gasteiger partial charge in [-0.3, -0.25) is 4.99 Å². The number of para-hydroxylation sites is 2. The Hall–Kier alpha value is -2.63. The molecule has 0 amide bonds. The van der Waals surface area contributed by atoms with Gasteiger partial charge in [-0.05, 0) is 38.8 Å². The zero-order chi connectivity index (χ0) is 17.7. The van der Waals surface area contributed by atoms with Gasteiger partial charge >= 0.3 is 0 Å². The molecule has 1 aromatic carbocycles. The third-order valence-electron chi connectivity index (χ3n) is 5.54. The van der Waals surface area contributed by atoms with Crippen LogP contribution in [0.3, 0.4) is 0 Å². The fourth-order valence-corrected chi connectivity index (χ4v) is 4.16. The van der Waals surface area contributed by atoms with Gasteiger partial charge in [0, 0.05) is 18.2 Å². The second kappa shape index (κ2) is 5.97. The van der Waals surface area contributed by atoms with Crippen LogP contribution in [-0.4, -0.2) is 28.6 Å². The molecule has 1 saturated carbocycles. The SMILES string of the molecule is CC(C)N1C=C2C(c3nc(C4CCCC4)no3)=NCN2c2ccccc21. The van der Waals surface area contributed by atoms with E-state index in [0.717, 1.165) is 30.1 Å². The third-order valence-corrected chi connectivity index (χ3v) is 5.54. The van der Waals surface area contributed by atoms with Crippen LogP contribution in [0.4, 0.5) is 11.4 Å². The molecule has 0 unspecified atom stereocenters. The molecule has 5 rings (SSSR count). The molecule has 0 saturated heterocycles. The normalized spacial score (nSPS) is 19.7. The molecule has 2 aromatic rings. The number of nitrogens with zero attached hydrogens (tertiary/aromatic N) is 5. The van der Waals surface area contributed by atoms with E-state index in [2.05, 4.69) is 59.3 Å². The Morgan fingerprint density at radius 1 is 1.12 bits per heavy atom. The summed E-state index contributed by atoms with van der Waals surface area (Å²) in [6, 6.07) is 8.81. The fourth-order valence-electron chi connectivity index (χ4n) is 4.16. The lowest BCUT2D eigenvalue weighted by molar-refractivity contribution is 0.398. The molecule has 134 valence electrons. The number of aromatic nitrogens is 2. The lowest BCUT2D eigenvalue weighted by Crippen LogP contribution is -2.35. The molecule has 0 bridgehead atoms. The second-order valence-corrected chi connectivity index (χ2v) is 7.52. The number of hydrogen-bond donors (Lipinski definition) is 0. The molecule has 1 fully saturated rings. The third kappa shape index (κ3) is 2.35. The Kier molecular flexibility index (Phi) is 3.58. The molecule has 3 aliphatic rings. The van der Waals surface area contributed by atoms with Crippen molar-refractivity contribution in [3.8, 4) is 0 Å². The summed E-state index contributed by atoms with van der Waals surface area (Å²) in [5, 5.41) is 4.25. The van der Waals surface area contributed by atoms with E-state index < -0.39 is 0 Å². The van der Waals surface area contributed by atoms with Crippen LogP contribution in [0.15, 0.2) is 45.7 Å². The van der Waals surface area contributed by atoms with E-state index in [9.17, 15) is 0 Å². The van der Waals surface area contributed by atoms with Gasteiger partial charge in [-0.2, -0.15) is 4.98 Å². The van der Waals surface area contributed by atoms with Crippen LogP contribution in [0.25, 0.3) is 0 Å². The van der Waals surface area contributed by atoms with Crippen molar-refractivity contribution in [2.24, 2.45) is 4.99 Å². The lowest BCUT2D eigenvalue weighted by Gasteiger charge is -2.36. The van der Waals surface area contributed by atoms with Crippen molar-refractivity contribution in [1.29, 1.82) is 0 Å². The van der Waals surface area contributed by atoms with E-state index in [-0.39, 0.29) is 0 Å². The number of fused-ring (bicyclic) bond motifs is 3. The second-order valence-electron chi connectivity index (χ2n) is 7.52. The van der Waals surface area contributed by atoms with Crippen molar-refractivity contribution in [2.75, 3.05) is 16.5 Å². The van der Waals surface area contributed by atoms with Gasteiger partial charge < -0.3 is 14.3 Å². The first kappa shape index (κ1) is 15.6. The highest BCUT2D eigenvalue weighted by atomic mass is 16.5. The molecule has 0 radical (unpaired) electrons. The van der Waals surface area contributed by atoms with Crippen LogP contribution in [0.2, 0.25) is 0 Å². The fraction of sp³-hybridized carbons (Fsp3) is 0.450. The monoisotopic (exact) mass is 349 g/mol. The predicted molar refractivity (Wildman–Crippen MR) is 102 cm³/mol. The van der Waals surface area contributed by atoms with E-state index in [4.69, 9.17) is 14.5 Å². The van der Waals surface area contributed by atoms with Crippen LogP contribution in [0.5, 0.6) is 0 Å². The van der Waals surface area contributed by atoms with Crippen molar-refractivity contribution in [2.45, 2.75) is 51.5 Å². The zero-order valence-corrected chi connectivity index (χ0v) is 15.2. The Bertz CT molecular complexity index is 891. The first-order chi connectivity index (χ1) is 12.7. The van der Waals surface area contributed by atoms with Crippen molar-refractivity contribution in [1.82, 2.24) is 10.1 Å². The highest BCUT2D eigenvalue weighted by molar-refractivity contribution is 6.15. The summed E-state index contributed by atoms with van der Waals surface area (Å²) in [6.07, 6.45) is 7.00. The van der Waals surface area contributed by atoms with Crippen LogP contribution in [0.1, 0.15) is 57.2 Å². The molecule has 1 aromatic heterocycles. The Balaban J connectivity index is 1.51. The number of hydrogen-bond acceptors (Lipinski definition) is 6. The molecule has 26 heavy (non-hydrogen) atoms. The van der Waals surface area contributed by atoms with Gasteiger partial charge in [0.25, 0.3) is 5.89 Å². The molecular weight excluding hydrogens is 326 g/mol. The van der Waals surface area contributed by atoms with Crippen molar-refractivity contribution < 1.29 is 4.52 Å². The maximum absolute atomic E-state index is 5.62. The molecule has 1 aliphatic carbocycles. The van der Waals surface area contributed by atoms with Gasteiger partial charge in [0.15, 0.2) is 11.5 Å². The minimum Gasteiger partial charge on any atom is -0.342 e.